The minimum atomic E-state index is -1.36. The van der Waals surface area contributed by atoms with Crippen molar-refractivity contribution in [2.45, 2.75) is 6.92 Å². The Labute approximate surface area is 79.2 Å². The number of rotatable bonds is 2. The molecule has 0 aliphatic heterocycles. The van der Waals surface area contributed by atoms with E-state index in [9.17, 15) is 14.7 Å². The van der Waals surface area contributed by atoms with Gasteiger partial charge in [-0.05, 0) is 18.6 Å². The highest BCUT2D eigenvalue weighted by Crippen LogP contribution is 2.25. The molecule has 0 spiro atoms. The second kappa shape index (κ2) is 3.37. The molecule has 5 nitrogen and oxygen atoms in total. The van der Waals surface area contributed by atoms with Crippen LogP contribution in [0.3, 0.4) is 0 Å². The molecule has 0 saturated heterocycles. The van der Waals surface area contributed by atoms with Gasteiger partial charge in [-0.2, -0.15) is 0 Å². The number of carboxylic acids is 2. The molecule has 0 radical (unpaired) electrons. The van der Waals surface area contributed by atoms with E-state index < -0.39 is 23.3 Å². The Morgan fingerprint density at radius 3 is 2.14 bits per heavy atom. The van der Waals surface area contributed by atoms with Crippen LogP contribution in [-0.2, 0) is 0 Å². The highest BCUT2D eigenvalue weighted by Gasteiger charge is 2.19. The van der Waals surface area contributed by atoms with Crippen molar-refractivity contribution < 1.29 is 24.9 Å². The molecule has 5 heteroatoms. The van der Waals surface area contributed by atoms with Crippen LogP contribution in [0.2, 0.25) is 0 Å². The molecule has 0 bridgehead atoms. The molecule has 74 valence electrons. The molecule has 0 atom stereocenters. The fourth-order valence-electron chi connectivity index (χ4n) is 1.13. The van der Waals surface area contributed by atoms with E-state index in [-0.39, 0.29) is 5.56 Å². The van der Waals surface area contributed by atoms with Crippen molar-refractivity contribution in [2.75, 3.05) is 0 Å². The monoisotopic (exact) mass is 196 g/mol. The molecule has 0 fully saturated rings. The van der Waals surface area contributed by atoms with E-state index in [0.29, 0.717) is 5.56 Å². The lowest BCUT2D eigenvalue weighted by atomic mass is 10.0. The van der Waals surface area contributed by atoms with Gasteiger partial charge in [0.05, 0.1) is 0 Å². The summed E-state index contributed by atoms with van der Waals surface area (Å²) >= 11 is 0. The minimum Gasteiger partial charge on any atom is -0.506 e. The number of benzene rings is 1. The Bertz CT molecular complexity index is 408. The van der Waals surface area contributed by atoms with E-state index >= 15 is 0 Å². The second-order valence-corrected chi connectivity index (χ2v) is 2.76. The van der Waals surface area contributed by atoms with Gasteiger partial charge in [0.2, 0.25) is 0 Å². The van der Waals surface area contributed by atoms with Crippen molar-refractivity contribution in [3.8, 4) is 5.75 Å². The molecule has 0 amide bonds. The molecule has 1 aromatic rings. The van der Waals surface area contributed by atoms with Crippen LogP contribution in [0.5, 0.6) is 5.75 Å². The Hall–Kier alpha value is -2.04. The van der Waals surface area contributed by atoms with E-state index in [4.69, 9.17) is 10.2 Å². The highest BCUT2D eigenvalue weighted by atomic mass is 16.4. The van der Waals surface area contributed by atoms with Crippen molar-refractivity contribution in [3.05, 3.63) is 28.8 Å². The standard InChI is InChI=1S/C9H8O5/c1-4-2-3-5(8(11)12)7(10)6(4)9(13)14/h2-3,10H,1H3,(H,11,12)(H,13,14). The van der Waals surface area contributed by atoms with Gasteiger partial charge in [0.25, 0.3) is 0 Å². The van der Waals surface area contributed by atoms with Crippen molar-refractivity contribution >= 4 is 11.9 Å². The Morgan fingerprint density at radius 1 is 1.14 bits per heavy atom. The van der Waals surface area contributed by atoms with Gasteiger partial charge in [0, 0.05) is 0 Å². The van der Waals surface area contributed by atoms with Gasteiger partial charge in [-0.15, -0.1) is 0 Å². The SMILES string of the molecule is Cc1ccc(C(=O)O)c(O)c1C(=O)O. The minimum absolute atomic E-state index is 0.319. The van der Waals surface area contributed by atoms with E-state index in [2.05, 4.69) is 0 Å². The van der Waals surface area contributed by atoms with Crippen LogP contribution in [0, 0.1) is 6.92 Å². The van der Waals surface area contributed by atoms with E-state index in [1.54, 1.807) is 0 Å². The molecule has 0 unspecified atom stereocenters. The van der Waals surface area contributed by atoms with Gasteiger partial charge in [0.1, 0.15) is 16.9 Å². The molecule has 0 aliphatic rings. The summed E-state index contributed by atoms with van der Waals surface area (Å²) in [6, 6.07) is 2.51. The number of aromatic carboxylic acids is 2. The largest absolute Gasteiger partial charge is 0.506 e. The molecule has 1 aromatic carbocycles. The zero-order valence-electron chi connectivity index (χ0n) is 7.31. The first-order chi connectivity index (χ1) is 6.45. The quantitative estimate of drug-likeness (QED) is 0.658. The molecular formula is C9H8O5. The molecule has 1 rings (SSSR count). The maximum atomic E-state index is 10.7. The maximum Gasteiger partial charge on any atom is 0.339 e. The summed E-state index contributed by atoms with van der Waals surface area (Å²) in [4.78, 5) is 21.2. The fourth-order valence-corrected chi connectivity index (χ4v) is 1.13. The van der Waals surface area contributed by atoms with Crippen molar-refractivity contribution in [1.82, 2.24) is 0 Å². The number of hydrogen-bond donors (Lipinski definition) is 3. The molecule has 0 saturated carbocycles. The maximum absolute atomic E-state index is 10.7. The van der Waals surface area contributed by atoms with Crippen LogP contribution in [0.1, 0.15) is 26.3 Å². The lowest BCUT2D eigenvalue weighted by molar-refractivity contribution is 0.0691. The number of phenols is 1. The molecule has 0 aliphatic carbocycles. The normalized spacial score (nSPS) is 9.79. The van der Waals surface area contributed by atoms with E-state index in [1.807, 2.05) is 0 Å². The average molecular weight is 196 g/mol. The second-order valence-electron chi connectivity index (χ2n) is 2.76. The summed E-state index contributed by atoms with van der Waals surface area (Å²) in [6.07, 6.45) is 0. The van der Waals surface area contributed by atoms with Crippen LogP contribution in [0.25, 0.3) is 0 Å². The molecular weight excluding hydrogens is 188 g/mol. The van der Waals surface area contributed by atoms with Gasteiger partial charge in [-0.3, -0.25) is 0 Å². The summed E-state index contributed by atoms with van der Waals surface area (Å²) in [6.45, 7) is 1.48. The Balaban J connectivity index is 3.49. The third-order valence-corrected chi connectivity index (χ3v) is 1.83. The van der Waals surface area contributed by atoms with Crippen molar-refractivity contribution in [3.63, 3.8) is 0 Å². The van der Waals surface area contributed by atoms with Gasteiger partial charge >= 0.3 is 11.9 Å². The first-order valence-electron chi connectivity index (χ1n) is 3.74. The Morgan fingerprint density at radius 2 is 1.71 bits per heavy atom. The molecule has 0 aromatic heterocycles. The number of aryl methyl sites for hydroxylation is 1. The summed E-state index contributed by atoms with van der Waals surface area (Å²) < 4.78 is 0. The molecule has 14 heavy (non-hydrogen) atoms. The van der Waals surface area contributed by atoms with Gasteiger partial charge in [0.15, 0.2) is 0 Å². The van der Waals surface area contributed by atoms with Crippen molar-refractivity contribution in [2.24, 2.45) is 0 Å². The van der Waals surface area contributed by atoms with E-state index in [1.165, 1.54) is 19.1 Å². The lowest BCUT2D eigenvalue weighted by Crippen LogP contribution is -2.05. The third-order valence-electron chi connectivity index (χ3n) is 1.83. The van der Waals surface area contributed by atoms with Crippen LogP contribution in [-0.4, -0.2) is 27.3 Å². The summed E-state index contributed by atoms with van der Waals surface area (Å²) in [5.41, 5.74) is -0.460. The third kappa shape index (κ3) is 1.52. The smallest absolute Gasteiger partial charge is 0.339 e. The van der Waals surface area contributed by atoms with Crippen LogP contribution < -0.4 is 0 Å². The summed E-state index contributed by atoms with van der Waals surface area (Å²) in [5.74, 6) is -3.40. The van der Waals surface area contributed by atoms with Crippen molar-refractivity contribution in [1.29, 1.82) is 0 Å². The van der Waals surface area contributed by atoms with Crippen LogP contribution in [0.15, 0.2) is 12.1 Å². The van der Waals surface area contributed by atoms with Crippen LogP contribution in [0.4, 0.5) is 0 Å². The number of carboxylic acid groups (broad SMARTS) is 2. The number of aromatic hydroxyl groups is 1. The van der Waals surface area contributed by atoms with Gasteiger partial charge in [-0.25, -0.2) is 9.59 Å². The number of carbonyl (C=O) groups is 2. The van der Waals surface area contributed by atoms with Gasteiger partial charge in [-0.1, -0.05) is 6.07 Å². The first kappa shape index (κ1) is 10.0. The first-order valence-corrected chi connectivity index (χ1v) is 3.74. The lowest BCUT2D eigenvalue weighted by Gasteiger charge is -2.05. The molecule has 3 N–H and O–H groups in total. The Kier molecular flexibility index (Phi) is 2.42. The highest BCUT2D eigenvalue weighted by molar-refractivity contribution is 5.99. The predicted octanol–water partition coefficient (Wildman–Crippen LogP) is 1.10. The van der Waals surface area contributed by atoms with Crippen LogP contribution >= 0.6 is 0 Å². The average Bonchev–Trinajstić information content (AvgIpc) is 2.02. The van der Waals surface area contributed by atoms with E-state index in [0.717, 1.165) is 0 Å². The zero-order valence-corrected chi connectivity index (χ0v) is 7.31. The zero-order chi connectivity index (χ0) is 10.9. The molecule has 0 heterocycles. The topological polar surface area (TPSA) is 94.8 Å². The summed E-state index contributed by atoms with van der Waals surface area (Å²) in [5, 5.41) is 26.7. The number of hydrogen-bond acceptors (Lipinski definition) is 3. The predicted molar refractivity (Wildman–Crippen MR) is 46.8 cm³/mol. The summed E-state index contributed by atoms with van der Waals surface area (Å²) in [7, 11) is 0. The van der Waals surface area contributed by atoms with Gasteiger partial charge < -0.3 is 15.3 Å². The fraction of sp³-hybridized carbons (Fsp3) is 0.111.